The molecule has 11 heteroatoms. The molecule has 3 heterocycles. The number of fused-ring (bicyclic) bond motifs is 1. The minimum Gasteiger partial charge on any atom is -0.462 e. The number of rotatable bonds is 6. The number of anilines is 1. The monoisotopic (exact) mass is 492 g/mol. The van der Waals surface area contributed by atoms with Gasteiger partial charge in [-0.1, -0.05) is 11.6 Å². The maximum Gasteiger partial charge on any atom is 0.341 e. The van der Waals surface area contributed by atoms with E-state index in [4.69, 9.17) is 33.0 Å². The largest absolute Gasteiger partial charge is 0.462 e. The van der Waals surface area contributed by atoms with E-state index < -0.39 is 5.91 Å². The normalized spacial score (nSPS) is 12.8. The predicted molar refractivity (Wildman–Crippen MR) is 126 cm³/mol. The van der Waals surface area contributed by atoms with E-state index in [9.17, 15) is 9.59 Å². The quantitative estimate of drug-likeness (QED) is 0.388. The van der Waals surface area contributed by atoms with E-state index in [1.165, 1.54) is 17.5 Å². The number of amides is 1. The van der Waals surface area contributed by atoms with Crippen LogP contribution in [-0.2, 0) is 24.1 Å². The highest BCUT2D eigenvalue weighted by atomic mass is 35.5. The molecule has 1 amide bonds. The minimum atomic E-state index is -0.494. The molecule has 1 aliphatic rings. The van der Waals surface area contributed by atoms with Gasteiger partial charge in [0.15, 0.2) is 10.9 Å². The zero-order valence-corrected chi connectivity index (χ0v) is 19.7. The Morgan fingerprint density at radius 3 is 2.91 bits per heavy atom. The van der Waals surface area contributed by atoms with Crippen LogP contribution in [0.2, 0.25) is 5.02 Å². The van der Waals surface area contributed by atoms with Gasteiger partial charge in [0.2, 0.25) is 0 Å². The lowest BCUT2D eigenvalue weighted by Crippen LogP contribution is -2.34. The number of nitrogens with one attached hydrogen (secondary N) is 2. The summed E-state index contributed by atoms with van der Waals surface area (Å²) in [6, 6.07) is 3.25. The number of thiocarbonyl (C=S) groups is 1. The standard InChI is InChI=1S/C21H21ClN4O4S2/c1-2-29-20(28)17-14-5-3-4-6-16(14)32-19(17)25-21(31)24-18(27)15-8-7-13(30-15)11-26-10-12(22)9-23-26/h7-10H,2-6,11H2,1H3,(H2,24,25,27,31). The maximum absolute atomic E-state index is 12.6. The first-order valence-electron chi connectivity index (χ1n) is 10.1. The second kappa shape index (κ2) is 9.85. The van der Waals surface area contributed by atoms with Crippen LogP contribution in [0.4, 0.5) is 5.00 Å². The van der Waals surface area contributed by atoms with Crippen molar-refractivity contribution in [3.63, 3.8) is 0 Å². The number of hydrogen-bond donors (Lipinski definition) is 2. The van der Waals surface area contributed by atoms with Crippen LogP contribution in [0.25, 0.3) is 0 Å². The van der Waals surface area contributed by atoms with E-state index in [0.717, 1.165) is 36.1 Å². The molecule has 0 aromatic carbocycles. The molecule has 3 aromatic rings. The lowest BCUT2D eigenvalue weighted by Gasteiger charge is -2.12. The summed E-state index contributed by atoms with van der Waals surface area (Å²) in [4.78, 5) is 26.3. The molecular weight excluding hydrogens is 472 g/mol. The second-order valence-corrected chi connectivity index (χ2v) is 9.12. The minimum absolute atomic E-state index is 0.0796. The van der Waals surface area contributed by atoms with Crippen LogP contribution in [0.3, 0.4) is 0 Å². The summed E-state index contributed by atoms with van der Waals surface area (Å²) in [6.45, 7) is 2.40. The molecule has 0 bridgehead atoms. The lowest BCUT2D eigenvalue weighted by molar-refractivity contribution is 0.0526. The highest BCUT2D eigenvalue weighted by Gasteiger charge is 2.27. The van der Waals surface area contributed by atoms with Gasteiger partial charge in [-0.15, -0.1) is 11.3 Å². The van der Waals surface area contributed by atoms with Gasteiger partial charge in [-0.2, -0.15) is 5.10 Å². The molecule has 8 nitrogen and oxygen atoms in total. The summed E-state index contributed by atoms with van der Waals surface area (Å²) >= 11 is 12.7. The average molecular weight is 493 g/mol. The van der Waals surface area contributed by atoms with Crippen molar-refractivity contribution in [2.75, 3.05) is 11.9 Å². The van der Waals surface area contributed by atoms with Gasteiger partial charge in [0, 0.05) is 11.1 Å². The van der Waals surface area contributed by atoms with E-state index in [1.54, 1.807) is 29.9 Å². The molecule has 0 spiro atoms. The first-order valence-corrected chi connectivity index (χ1v) is 11.8. The highest BCUT2D eigenvalue weighted by molar-refractivity contribution is 7.80. The Labute approximate surface area is 198 Å². The molecule has 3 aromatic heterocycles. The topological polar surface area (TPSA) is 98.4 Å². The van der Waals surface area contributed by atoms with E-state index in [2.05, 4.69) is 15.7 Å². The summed E-state index contributed by atoms with van der Waals surface area (Å²) in [5, 5.41) is 10.9. The van der Waals surface area contributed by atoms with Crippen molar-refractivity contribution in [1.29, 1.82) is 0 Å². The Balaban J connectivity index is 1.43. The number of thiophene rings is 1. The Kier molecular flexibility index (Phi) is 6.92. The fraction of sp³-hybridized carbons (Fsp3) is 0.333. The van der Waals surface area contributed by atoms with Crippen LogP contribution in [0.5, 0.6) is 0 Å². The van der Waals surface area contributed by atoms with Gasteiger partial charge >= 0.3 is 5.97 Å². The van der Waals surface area contributed by atoms with Crippen molar-refractivity contribution >= 4 is 57.1 Å². The fourth-order valence-electron chi connectivity index (χ4n) is 3.54. The van der Waals surface area contributed by atoms with Crippen LogP contribution >= 0.6 is 35.2 Å². The smallest absolute Gasteiger partial charge is 0.341 e. The number of halogens is 1. The second-order valence-electron chi connectivity index (χ2n) is 7.17. The molecular formula is C21H21ClN4O4S2. The van der Waals surface area contributed by atoms with Gasteiger partial charge in [0.25, 0.3) is 5.91 Å². The number of aryl methyl sites for hydroxylation is 1. The van der Waals surface area contributed by atoms with Gasteiger partial charge in [0.1, 0.15) is 10.8 Å². The summed E-state index contributed by atoms with van der Waals surface area (Å²) in [7, 11) is 0. The SMILES string of the molecule is CCOC(=O)c1c(NC(=S)NC(=O)c2ccc(Cn3cc(Cl)cn3)o2)sc2c1CCCC2. The van der Waals surface area contributed by atoms with Crippen LogP contribution in [-0.4, -0.2) is 33.4 Å². The van der Waals surface area contributed by atoms with Crippen molar-refractivity contribution in [3.8, 4) is 0 Å². The molecule has 0 radical (unpaired) electrons. The van der Waals surface area contributed by atoms with Crippen LogP contribution in [0.1, 0.15) is 56.9 Å². The van der Waals surface area contributed by atoms with Crippen LogP contribution in [0, 0.1) is 0 Å². The third-order valence-electron chi connectivity index (χ3n) is 4.91. The summed E-state index contributed by atoms with van der Waals surface area (Å²) < 4.78 is 12.4. The van der Waals surface area contributed by atoms with E-state index in [1.807, 2.05) is 0 Å². The zero-order valence-electron chi connectivity index (χ0n) is 17.3. The summed E-state index contributed by atoms with van der Waals surface area (Å²) in [6.07, 6.45) is 7.05. The number of nitrogens with zero attached hydrogens (tertiary/aromatic N) is 2. The number of hydrogen-bond acceptors (Lipinski definition) is 7. The first-order chi connectivity index (χ1) is 15.4. The molecule has 1 aliphatic carbocycles. The highest BCUT2D eigenvalue weighted by Crippen LogP contribution is 2.38. The van der Waals surface area contributed by atoms with Gasteiger partial charge in [-0.05, 0) is 62.5 Å². The van der Waals surface area contributed by atoms with E-state index >= 15 is 0 Å². The molecule has 0 aliphatic heterocycles. The predicted octanol–water partition coefficient (Wildman–Crippen LogP) is 4.42. The van der Waals surface area contributed by atoms with Gasteiger partial charge < -0.3 is 14.5 Å². The molecule has 0 fully saturated rings. The summed E-state index contributed by atoms with van der Waals surface area (Å²) in [5.41, 5.74) is 1.53. The van der Waals surface area contributed by atoms with Crippen molar-refractivity contribution < 1.29 is 18.7 Å². The van der Waals surface area contributed by atoms with Crippen molar-refractivity contribution in [2.24, 2.45) is 0 Å². The molecule has 0 saturated heterocycles. The average Bonchev–Trinajstić information content (AvgIpc) is 3.46. The van der Waals surface area contributed by atoms with Gasteiger partial charge in [-0.3, -0.25) is 14.8 Å². The Morgan fingerprint density at radius 2 is 2.16 bits per heavy atom. The van der Waals surface area contributed by atoms with Gasteiger partial charge in [0.05, 0.1) is 29.9 Å². The zero-order chi connectivity index (χ0) is 22.7. The van der Waals surface area contributed by atoms with Crippen molar-refractivity contribution in [2.45, 2.75) is 39.2 Å². The Morgan fingerprint density at radius 1 is 1.34 bits per heavy atom. The number of carbonyl (C=O) groups excluding carboxylic acids is 2. The molecule has 0 saturated carbocycles. The van der Waals surface area contributed by atoms with E-state index in [0.29, 0.717) is 27.9 Å². The van der Waals surface area contributed by atoms with Crippen molar-refractivity contribution in [1.82, 2.24) is 15.1 Å². The molecule has 168 valence electrons. The number of aromatic nitrogens is 2. The fourth-order valence-corrected chi connectivity index (χ4v) is 5.24. The molecule has 32 heavy (non-hydrogen) atoms. The number of ether oxygens (including phenoxy) is 1. The number of esters is 1. The maximum atomic E-state index is 12.6. The molecule has 0 unspecified atom stereocenters. The van der Waals surface area contributed by atoms with Crippen LogP contribution in [0.15, 0.2) is 28.9 Å². The number of carbonyl (C=O) groups is 2. The third-order valence-corrected chi connectivity index (χ3v) is 6.52. The summed E-state index contributed by atoms with van der Waals surface area (Å²) in [5.74, 6) is -0.216. The third kappa shape index (κ3) is 5.03. The molecule has 4 rings (SSSR count). The van der Waals surface area contributed by atoms with Crippen molar-refractivity contribution in [3.05, 3.63) is 57.1 Å². The molecule has 0 atom stereocenters. The molecule has 2 N–H and O–H groups in total. The number of furan rings is 1. The Bertz CT molecular complexity index is 1170. The van der Waals surface area contributed by atoms with Gasteiger partial charge in [-0.25, -0.2) is 4.79 Å². The van der Waals surface area contributed by atoms with E-state index in [-0.39, 0.29) is 23.4 Å². The first kappa shape index (κ1) is 22.5. The lowest BCUT2D eigenvalue weighted by atomic mass is 9.95. The Hall–Kier alpha value is -2.69. The van der Waals surface area contributed by atoms with Crippen LogP contribution < -0.4 is 10.6 Å².